The molecule has 3 nitrogen and oxygen atoms in total. The zero-order chi connectivity index (χ0) is 10.7. The number of azide groups is 1. The summed E-state index contributed by atoms with van der Waals surface area (Å²) in [5.41, 5.74) is 8.68. The van der Waals surface area contributed by atoms with Gasteiger partial charge >= 0.3 is 0 Å². The van der Waals surface area contributed by atoms with Crippen molar-refractivity contribution in [3.63, 3.8) is 0 Å². The lowest BCUT2D eigenvalue weighted by molar-refractivity contribution is 0.613. The van der Waals surface area contributed by atoms with E-state index in [1.54, 1.807) is 6.07 Å². The maximum Gasteiger partial charge on any atom is 0.127 e. The number of benzene rings is 2. The third-order valence-corrected chi connectivity index (χ3v) is 2.28. The molecule has 0 heterocycles. The first-order chi connectivity index (χ1) is 7.33. The summed E-state index contributed by atoms with van der Waals surface area (Å²) in [6.45, 7) is 0.0453. The van der Waals surface area contributed by atoms with Gasteiger partial charge < -0.3 is 0 Å². The van der Waals surface area contributed by atoms with Crippen LogP contribution in [0.5, 0.6) is 0 Å². The summed E-state index contributed by atoms with van der Waals surface area (Å²) >= 11 is 0. The molecule has 4 heteroatoms. The largest absolute Gasteiger partial charge is 0.207 e. The van der Waals surface area contributed by atoms with E-state index in [9.17, 15) is 4.39 Å². The molecule has 0 saturated carbocycles. The first-order valence-electron chi connectivity index (χ1n) is 4.50. The first-order valence-corrected chi connectivity index (χ1v) is 4.50. The topological polar surface area (TPSA) is 48.8 Å². The molecule has 0 aliphatic heterocycles. The highest BCUT2D eigenvalue weighted by atomic mass is 19.1. The van der Waals surface area contributed by atoms with Crippen molar-refractivity contribution in [3.05, 3.63) is 58.2 Å². The molecule has 0 radical (unpaired) electrons. The maximum absolute atomic E-state index is 13.5. The van der Waals surface area contributed by atoms with E-state index in [1.165, 1.54) is 6.07 Å². The molecule has 0 saturated heterocycles. The van der Waals surface area contributed by atoms with E-state index in [2.05, 4.69) is 10.0 Å². The molecule has 0 atom stereocenters. The Labute approximate surface area is 85.8 Å². The fourth-order valence-electron chi connectivity index (χ4n) is 1.57. The van der Waals surface area contributed by atoms with Gasteiger partial charge in [0.1, 0.15) is 5.82 Å². The first kappa shape index (κ1) is 9.49. The minimum atomic E-state index is -0.332. The van der Waals surface area contributed by atoms with Gasteiger partial charge in [0.2, 0.25) is 0 Å². The Bertz CT molecular complexity index is 545. The van der Waals surface area contributed by atoms with E-state index in [0.29, 0.717) is 5.56 Å². The highest BCUT2D eigenvalue weighted by Crippen LogP contribution is 2.22. The van der Waals surface area contributed by atoms with Gasteiger partial charge in [-0.15, -0.1) is 0 Å². The second-order valence-corrected chi connectivity index (χ2v) is 3.14. The van der Waals surface area contributed by atoms with Crippen LogP contribution in [0, 0.1) is 5.82 Å². The lowest BCUT2D eigenvalue weighted by atomic mass is 10.0. The van der Waals surface area contributed by atoms with Crippen molar-refractivity contribution < 1.29 is 4.39 Å². The summed E-state index contributed by atoms with van der Waals surface area (Å²) < 4.78 is 13.5. The second kappa shape index (κ2) is 3.98. The molecule has 0 amide bonds. The lowest BCUT2D eigenvalue weighted by Gasteiger charge is -2.04. The van der Waals surface area contributed by atoms with Crippen molar-refractivity contribution in [3.8, 4) is 0 Å². The standard InChI is InChI=1S/C11H8FN3/c12-11-6-5-8-3-1-2-4-9(8)10(11)7-14-15-13/h1-6H,7H2. The highest BCUT2D eigenvalue weighted by molar-refractivity contribution is 5.85. The van der Waals surface area contributed by atoms with Crippen LogP contribution in [0.2, 0.25) is 0 Å². The average molecular weight is 201 g/mol. The Balaban J connectivity index is 2.67. The van der Waals surface area contributed by atoms with Gasteiger partial charge in [0.15, 0.2) is 0 Å². The third-order valence-electron chi connectivity index (χ3n) is 2.28. The molecule has 0 N–H and O–H groups in total. The van der Waals surface area contributed by atoms with Crippen LogP contribution in [0.1, 0.15) is 5.56 Å². The van der Waals surface area contributed by atoms with E-state index < -0.39 is 0 Å². The van der Waals surface area contributed by atoms with Crippen molar-refractivity contribution in [2.24, 2.45) is 5.11 Å². The van der Waals surface area contributed by atoms with Crippen LogP contribution >= 0.6 is 0 Å². The molecule has 0 aliphatic rings. The van der Waals surface area contributed by atoms with E-state index in [4.69, 9.17) is 5.53 Å². The number of fused-ring (bicyclic) bond motifs is 1. The molecule has 2 rings (SSSR count). The van der Waals surface area contributed by atoms with Gasteiger partial charge in [-0.3, -0.25) is 0 Å². The molecule has 0 fully saturated rings. The van der Waals surface area contributed by atoms with E-state index in [0.717, 1.165) is 10.8 Å². The Morgan fingerprint density at radius 1 is 1.20 bits per heavy atom. The summed E-state index contributed by atoms with van der Waals surface area (Å²) in [7, 11) is 0. The summed E-state index contributed by atoms with van der Waals surface area (Å²) in [6, 6.07) is 10.5. The number of hydrogen-bond acceptors (Lipinski definition) is 1. The summed E-state index contributed by atoms with van der Waals surface area (Å²) in [6.07, 6.45) is 0. The molecule has 0 bridgehead atoms. The lowest BCUT2D eigenvalue weighted by Crippen LogP contribution is -1.89. The van der Waals surface area contributed by atoms with Gasteiger partial charge in [-0.25, -0.2) is 4.39 Å². The number of rotatable bonds is 2. The third kappa shape index (κ3) is 1.75. The fourth-order valence-corrected chi connectivity index (χ4v) is 1.57. The second-order valence-electron chi connectivity index (χ2n) is 3.14. The average Bonchev–Trinajstić information content (AvgIpc) is 2.28. The number of halogens is 1. The number of hydrogen-bond donors (Lipinski definition) is 0. The Morgan fingerprint density at radius 2 is 2.00 bits per heavy atom. The van der Waals surface area contributed by atoms with E-state index in [1.807, 2.05) is 24.3 Å². The van der Waals surface area contributed by atoms with Crippen LogP contribution in [0.25, 0.3) is 21.2 Å². The maximum atomic E-state index is 13.5. The zero-order valence-corrected chi connectivity index (χ0v) is 7.89. The van der Waals surface area contributed by atoms with Crippen LogP contribution < -0.4 is 0 Å². The van der Waals surface area contributed by atoms with Crippen LogP contribution in [-0.2, 0) is 6.54 Å². The smallest absolute Gasteiger partial charge is 0.127 e. The summed E-state index contributed by atoms with van der Waals surface area (Å²) in [4.78, 5) is 2.64. The van der Waals surface area contributed by atoms with Crippen molar-refractivity contribution in [1.29, 1.82) is 0 Å². The summed E-state index contributed by atoms with van der Waals surface area (Å²) in [5.74, 6) is -0.332. The van der Waals surface area contributed by atoms with Gasteiger partial charge in [0.25, 0.3) is 0 Å². The van der Waals surface area contributed by atoms with Gasteiger partial charge in [0.05, 0.1) is 6.54 Å². The Hall–Kier alpha value is -2.06. The van der Waals surface area contributed by atoms with Crippen molar-refractivity contribution >= 4 is 10.8 Å². The molecule has 15 heavy (non-hydrogen) atoms. The van der Waals surface area contributed by atoms with Crippen molar-refractivity contribution in [1.82, 2.24) is 0 Å². The predicted octanol–water partition coefficient (Wildman–Crippen LogP) is 3.79. The van der Waals surface area contributed by atoms with Gasteiger partial charge in [0, 0.05) is 10.5 Å². The molecular formula is C11H8FN3. The normalized spacial score (nSPS) is 9.93. The molecule has 74 valence electrons. The van der Waals surface area contributed by atoms with Gasteiger partial charge in [-0.1, -0.05) is 35.4 Å². The van der Waals surface area contributed by atoms with E-state index in [-0.39, 0.29) is 12.4 Å². The van der Waals surface area contributed by atoms with Crippen LogP contribution in [0.15, 0.2) is 41.5 Å². The van der Waals surface area contributed by atoms with Gasteiger partial charge in [-0.2, -0.15) is 0 Å². The fraction of sp³-hybridized carbons (Fsp3) is 0.0909. The Kier molecular flexibility index (Phi) is 2.52. The van der Waals surface area contributed by atoms with Crippen LogP contribution in [0.4, 0.5) is 4.39 Å². The van der Waals surface area contributed by atoms with Crippen molar-refractivity contribution in [2.75, 3.05) is 0 Å². The van der Waals surface area contributed by atoms with Crippen LogP contribution in [0.3, 0.4) is 0 Å². The molecule has 0 aromatic heterocycles. The van der Waals surface area contributed by atoms with Crippen molar-refractivity contribution in [2.45, 2.75) is 6.54 Å². The molecule has 0 aliphatic carbocycles. The minimum absolute atomic E-state index is 0.0453. The molecule has 0 unspecified atom stereocenters. The monoisotopic (exact) mass is 201 g/mol. The predicted molar refractivity (Wildman–Crippen MR) is 56.8 cm³/mol. The Morgan fingerprint density at radius 3 is 2.80 bits per heavy atom. The van der Waals surface area contributed by atoms with Crippen LogP contribution in [-0.4, -0.2) is 0 Å². The minimum Gasteiger partial charge on any atom is -0.207 e. The molecule has 0 spiro atoms. The van der Waals surface area contributed by atoms with Gasteiger partial charge in [-0.05, 0) is 22.4 Å². The zero-order valence-electron chi connectivity index (χ0n) is 7.89. The SMILES string of the molecule is [N-]=[N+]=NCc1c(F)ccc2ccccc12. The number of nitrogens with zero attached hydrogens (tertiary/aromatic N) is 3. The summed E-state index contributed by atoms with van der Waals surface area (Å²) in [5, 5.41) is 5.14. The molecular weight excluding hydrogens is 193 g/mol. The molecule has 2 aromatic rings. The highest BCUT2D eigenvalue weighted by Gasteiger charge is 2.05. The van der Waals surface area contributed by atoms with E-state index >= 15 is 0 Å². The molecule has 2 aromatic carbocycles. The quantitative estimate of drug-likeness (QED) is 0.403.